The van der Waals surface area contributed by atoms with Gasteiger partial charge in [0.1, 0.15) is 0 Å². The van der Waals surface area contributed by atoms with Crippen LogP contribution in [0.3, 0.4) is 0 Å². The second-order valence-corrected chi connectivity index (χ2v) is 4.03. The number of hydrogen-bond donors (Lipinski definition) is 3. The fraction of sp³-hybridized carbons (Fsp3) is 0. The molecule has 0 aliphatic rings. The highest BCUT2D eigenvalue weighted by Gasteiger charge is 2.17. The van der Waals surface area contributed by atoms with E-state index >= 15 is 0 Å². The summed E-state index contributed by atoms with van der Waals surface area (Å²) in [5.41, 5.74) is 6.94. The summed E-state index contributed by atoms with van der Waals surface area (Å²) < 4.78 is 2.04. The number of imidazole rings is 1. The number of fused-ring (bicyclic) bond motifs is 1. The number of hydrogen-bond acceptors (Lipinski definition) is 4. The van der Waals surface area contributed by atoms with E-state index in [-0.39, 0.29) is 5.69 Å². The second kappa shape index (κ2) is 3.77. The normalized spacial score (nSPS) is 10.9. The van der Waals surface area contributed by atoms with E-state index in [1.165, 1.54) is 0 Å². The average Bonchev–Trinajstić information content (AvgIpc) is 2.91. The van der Waals surface area contributed by atoms with Gasteiger partial charge >= 0.3 is 0 Å². The van der Waals surface area contributed by atoms with E-state index in [9.17, 15) is 4.79 Å². The smallest absolute Gasteiger partial charge is 0.273 e. The lowest BCUT2D eigenvalue weighted by atomic mass is 10.3. The lowest BCUT2D eigenvalue weighted by molar-refractivity contribution is 0.0995. The van der Waals surface area contributed by atoms with Gasteiger partial charge in [0.05, 0.1) is 11.0 Å². The maximum atomic E-state index is 11.3. The first kappa shape index (κ1) is 10.7. The zero-order valence-electron chi connectivity index (χ0n) is 9.04. The number of para-hydroxylation sites is 2. The molecule has 2 aromatic heterocycles. The number of amides is 1. The number of rotatable bonds is 2. The Kier molecular flexibility index (Phi) is 2.23. The number of aromatic nitrogens is 5. The van der Waals surface area contributed by atoms with Crippen molar-refractivity contribution >= 4 is 29.2 Å². The third-order valence-electron chi connectivity index (χ3n) is 2.56. The first-order chi connectivity index (χ1) is 8.68. The van der Waals surface area contributed by atoms with Crippen molar-refractivity contribution in [1.29, 1.82) is 0 Å². The minimum atomic E-state index is -0.661. The van der Waals surface area contributed by atoms with Crippen molar-refractivity contribution < 1.29 is 4.79 Å². The van der Waals surface area contributed by atoms with Gasteiger partial charge in [-0.3, -0.25) is 9.36 Å². The summed E-state index contributed by atoms with van der Waals surface area (Å²) in [6, 6.07) is 7.49. The highest BCUT2D eigenvalue weighted by Crippen LogP contribution is 2.19. The van der Waals surface area contributed by atoms with Crippen molar-refractivity contribution in [3.63, 3.8) is 0 Å². The molecule has 1 aromatic carbocycles. The standard InChI is InChI=1S/C10H8N6OS/c11-8(17)7-9(14-15-13-7)16-6-4-2-1-3-5(6)12-10(16)18/h1-4H,(H2,11,17)(H,12,18)(H,13,14,15). The molecule has 3 aromatic rings. The molecule has 7 nitrogen and oxygen atoms in total. The van der Waals surface area contributed by atoms with Crippen LogP contribution in [0.4, 0.5) is 0 Å². The SMILES string of the molecule is NC(=O)c1n[nH]nc1-n1c(=S)[nH]c2ccccc21. The van der Waals surface area contributed by atoms with Gasteiger partial charge in [-0.15, -0.1) is 10.2 Å². The Morgan fingerprint density at radius 1 is 1.33 bits per heavy atom. The van der Waals surface area contributed by atoms with Crippen molar-refractivity contribution in [2.24, 2.45) is 5.73 Å². The summed E-state index contributed by atoms with van der Waals surface area (Å²) in [6.07, 6.45) is 0. The zero-order valence-corrected chi connectivity index (χ0v) is 9.86. The molecule has 0 aliphatic carbocycles. The molecule has 0 saturated heterocycles. The van der Waals surface area contributed by atoms with Gasteiger partial charge in [-0.05, 0) is 24.4 Å². The van der Waals surface area contributed by atoms with Gasteiger partial charge in [0, 0.05) is 0 Å². The second-order valence-electron chi connectivity index (χ2n) is 3.64. The van der Waals surface area contributed by atoms with Crippen molar-refractivity contribution in [2.45, 2.75) is 0 Å². The summed E-state index contributed by atoms with van der Waals surface area (Å²) in [4.78, 5) is 14.3. The Labute approximate surface area is 106 Å². The molecule has 0 unspecified atom stereocenters. The molecule has 3 rings (SSSR count). The molecule has 0 aliphatic heterocycles. The summed E-state index contributed by atoms with van der Waals surface area (Å²) in [7, 11) is 0. The third-order valence-corrected chi connectivity index (χ3v) is 2.85. The van der Waals surface area contributed by atoms with Gasteiger partial charge in [-0.1, -0.05) is 12.1 Å². The highest BCUT2D eigenvalue weighted by molar-refractivity contribution is 7.71. The Morgan fingerprint density at radius 2 is 2.11 bits per heavy atom. The van der Waals surface area contributed by atoms with Gasteiger partial charge in [0.15, 0.2) is 16.3 Å². The molecular formula is C10H8N6OS. The maximum absolute atomic E-state index is 11.3. The highest BCUT2D eigenvalue weighted by atomic mass is 32.1. The topological polar surface area (TPSA) is 105 Å². The Hall–Kier alpha value is -2.48. The van der Waals surface area contributed by atoms with Crippen LogP contribution in [0.2, 0.25) is 0 Å². The summed E-state index contributed by atoms with van der Waals surface area (Å²) >= 11 is 5.22. The fourth-order valence-electron chi connectivity index (χ4n) is 1.81. The number of nitrogens with one attached hydrogen (secondary N) is 2. The molecule has 90 valence electrons. The van der Waals surface area contributed by atoms with E-state index in [4.69, 9.17) is 18.0 Å². The molecule has 0 radical (unpaired) electrons. The quantitative estimate of drug-likeness (QED) is 0.595. The molecular weight excluding hydrogens is 252 g/mol. The molecule has 18 heavy (non-hydrogen) atoms. The Balaban J connectivity index is 2.38. The first-order valence-electron chi connectivity index (χ1n) is 5.09. The molecule has 2 heterocycles. The molecule has 8 heteroatoms. The van der Waals surface area contributed by atoms with E-state index in [2.05, 4.69) is 20.4 Å². The predicted octanol–water partition coefficient (Wildman–Crippen LogP) is 0.905. The molecule has 0 atom stereocenters. The van der Waals surface area contributed by atoms with E-state index in [0.717, 1.165) is 11.0 Å². The van der Waals surface area contributed by atoms with E-state index in [1.807, 2.05) is 24.3 Å². The zero-order chi connectivity index (χ0) is 12.7. The largest absolute Gasteiger partial charge is 0.364 e. The number of primary amides is 1. The first-order valence-corrected chi connectivity index (χ1v) is 5.50. The average molecular weight is 260 g/mol. The summed E-state index contributed by atoms with van der Waals surface area (Å²) in [5.74, 6) is -0.365. The van der Waals surface area contributed by atoms with Gasteiger partial charge in [-0.2, -0.15) is 5.21 Å². The van der Waals surface area contributed by atoms with E-state index in [1.54, 1.807) is 4.57 Å². The third kappa shape index (κ3) is 1.43. The number of carbonyl (C=O) groups excluding carboxylic acids is 1. The number of H-pyrrole nitrogens is 2. The summed E-state index contributed by atoms with van der Waals surface area (Å²) in [5, 5.41) is 10.0. The Bertz CT molecular complexity index is 798. The van der Waals surface area contributed by atoms with Gasteiger partial charge in [-0.25, -0.2) is 0 Å². The van der Waals surface area contributed by atoms with Crippen molar-refractivity contribution in [3.05, 3.63) is 34.7 Å². The molecule has 1 amide bonds. The van der Waals surface area contributed by atoms with E-state index in [0.29, 0.717) is 10.6 Å². The predicted molar refractivity (Wildman–Crippen MR) is 66.9 cm³/mol. The molecule has 4 N–H and O–H groups in total. The lowest BCUT2D eigenvalue weighted by Gasteiger charge is -2.00. The number of nitrogens with two attached hydrogens (primary N) is 1. The van der Waals surface area contributed by atoms with Crippen LogP contribution in [-0.2, 0) is 0 Å². The fourth-order valence-corrected chi connectivity index (χ4v) is 2.11. The maximum Gasteiger partial charge on any atom is 0.273 e. The van der Waals surface area contributed by atoms with Crippen LogP contribution in [0.25, 0.3) is 16.9 Å². The van der Waals surface area contributed by atoms with Crippen LogP contribution in [0.1, 0.15) is 10.5 Å². The van der Waals surface area contributed by atoms with Crippen molar-refractivity contribution in [1.82, 2.24) is 25.0 Å². The van der Waals surface area contributed by atoms with Crippen LogP contribution < -0.4 is 5.73 Å². The lowest BCUT2D eigenvalue weighted by Crippen LogP contribution is -2.14. The number of benzene rings is 1. The van der Waals surface area contributed by atoms with Crippen LogP contribution >= 0.6 is 12.2 Å². The van der Waals surface area contributed by atoms with Gasteiger partial charge in [0.2, 0.25) is 0 Å². The molecule has 0 bridgehead atoms. The summed E-state index contributed by atoms with van der Waals surface area (Å²) in [6.45, 7) is 0. The van der Waals surface area contributed by atoms with Crippen LogP contribution in [-0.4, -0.2) is 30.9 Å². The minimum absolute atomic E-state index is 0.0517. The number of nitrogens with zero attached hydrogens (tertiary/aromatic N) is 3. The van der Waals surface area contributed by atoms with Gasteiger partial charge < -0.3 is 10.7 Å². The van der Waals surface area contributed by atoms with Crippen molar-refractivity contribution in [3.8, 4) is 5.82 Å². The molecule has 0 saturated carbocycles. The number of aromatic amines is 2. The number of carbonyl (C=O) groups is 1. The van der Waals surface area contributed by atoms with E-state index < -0.39 is 5.91 Å². The Morgan fingerprint density at radius 3 is 2.89 bits per heavy atom. The van der Waals surface area contributed by atoms with Crippen LogP contribution in [0.5, 0.6) is 0 Å². The van der Waals surface area contributed by atoms with Crippen LogP contribution in [0, 0.1) is 4.77 Å². The monoisotopic (exact) mass is 260 g/mol. The minimum Gasteiger partial charge on any atom is -0.364 e. The van der Waals surface area contributed by atoms with Gasteiger partial charge in [0.25, 0.3) is 5.91 Å². The molecule has 0 fully saturated rings. The van der Waals surface area contributed by atoms with Crippen molar-refractivity contribution in [2.75, 3.05) is 0 Å². The van der Waals surface area contributed by atoms with Crippen LogP contribution in [0.15, 0.2) is 24.3 Å². The molecule has 0 spiro atoms.